The topological polar surface area (TPSA) is 35.8 Å². The molecule has 0 unspecified atom stereocenters. The van der Waals surface area contributed by atoms with Crippen molar-refractivity contribution in [1.82, 2.24) is 0 Å². The second kappa shape index (κ2) is 6.84. The van der Waals surface area contributed by atoms with Gasteiger partial charge in [0, 0.05) is 15.5 Å². The largest absolute Gasteiger partial charge is 0.354 e. The normalized spacial score (nSPS) is 9.95. The molecule has 3 rings (SSSR count). The lowest BCUT2D eigenvalue weighted by Gasteiger charge is -2.10. The van der Waals surface area contributed by atoms with E-state index in [4.69, 9.17) is 0 Å². The highest BCUT2D eigenvalue weighted by molar-refractivity contribution is 7.99. The summed E-state index contributed by atoms with van der Waals surface area (Å²) in [6.07, 6.45) is 0. The quantitative estimate of drug-likeness (QED) is 0.695. The minimum absolute atomic E-state index is 0.643. The zero-order valence-corrected chi connectivity index (χ0v) is 12.7. The van der Waals surface area contributed by atoms with Crippen LogP contribution in [0.5, 0.6) is 0 Å². The smallest absolute Gasteiger partial charge is 0.101 e. The fraction of sp³-hybridized carbons (Fsp3) is 0. The Morgan fingerprint density at radius 2 is 1.45 bits per heavy atom. The van der Waals surface area contributed by atoms with Gasteiger partial charge in [0.2, 0.25) is 0 Å². The van der Waals surface area contributed by atoms with Crippen LogP contribution in [0.1, 0.15) is 5.56 Å². The van der Waals surface area contributed by atoms with E-state index in [0.29, 0.717) is 5.56 Å². The highest BCUT2D eigenvalue weighted by Crippen LogP contribution is 2.31. The summed E-state index contributed by atoms with van der Waals surface area (Å²) < 4.78 is 0. The summed E-state index contributed by atoms with van der Waals surface area (Å²) in [4.78, 5) is 2.22. The SMILES string of the molecule is N#Cc1cc(Sc2ccccc2)ccc1Nc1ccccc1. The number of nitrogens with one attached hydrogen (secondary N) is 1. The summed E-state index contributed by atoms with van der Waals surface area (Å²) in [6.45, 7) is 0. The van der Waals surface area contributed by atoms with E-state index in [0.717, 1.165) is 21.2 Å². The van der Waals surface area contributed by atoms with Crippen molar-refractivity contribution in [3.63, 3.8) is 0 Å². The van der Waals surface area contributed by atoms with E-state index in [2.05, 4.69) is 23.5 Å². The van der Waals surface area contributed by atoms with Gasteiger partial charge in [0.25, 0.3) is 0 Å². The molecule has 0 aliphatic carbocycles. The molecular weight excluding hydrogens is 288 g/mol. The molecule has 3 aromatic carbocycles. The number of anilines is 2. The number of hydrogen-bond donors (Lipinski definition) is 1. The van der Waals surface area contributed by atoms with Gasteiger partial charge in [-0.25, -0.2) is 0 Å². The lowest BCUT2D eigenvalue weighted by Crippen LogP contribution is -1.93. The summed E-state index contributed by atoms with van der Waals surface area (Å²) in [5, 5.41) is 12.7. The van der Waals surface area contributed by atoms with E-state index >= 15 is 0 Å². The predicted octanol–water partition coefficient (Wildman–Crippen LogP) is 5.45. The molecule has 0 saturated carbocycles. The molecular formula is C19H14N2S. The Morgan fingerprint density at radius 1 is 0.773 bits per heavy atom. The molecule has 3 heteroatoms. The number of para-hydroxylation sites is 1. The van der Waals surface area contributed by atoms with E-state index in [1.807, 2.05) is 66.7 Å². The lowest BCUT2D eigenvalue weighted by atomic mass is 10.2. The van der Waals surface area contributed by atoms with Crippen LogP contribution in [0.3, 0.4) is 0 Å². The van der Waals surface area contributed by atoms with Crippen LogP contribution < -0.4 is 5.32 Å². The van der Waals surface area contributed by atoms with Gasteiger partial charge in [0.1, 0.15) is 6.07 Å². The lowest BCUT2D eigenvalue weighted by molar-refractivity contribution is 1.37. The van der Waals surface area contributed by atoms with E-state index in [1.165, 1.54) is 0 Å². The first-order valence-corrected chi connectivity index (χ1v) is 7.76. The van der Waals surface area contributed by atoms with Crippen molar-refractivity contribution in [1.29, 1.82) is 5.26 Å². The van der Waals surface area contributed by atoms with E-state index in [1.54, 1.807) is 11.8 Å². The molecule has 0 atom stereocenters. The highest BCUT2D eigenvalue weighted by atomic mass is 32.2. The molecule has 3 aromatic rings. The number of rotatable bonds is 4. The first kappa shape index (κ1) is 14.2. The summed E-state index contributed by atoms with van der Waals surface area (Å²) in [6, 6.07) is 28.2. The standard InChI is InChI=1S/C19H14N2S/c20-14-15-13-18(22-17-9-5-2-6-10-17)11-12-19(15)21-16-7-3-1-4-8-16/h1-13,21H. The fourth-order valence-electron chi connectivity index (χ4n) is 2.09. The Balaban J connectivity index is 1.83. The number of nitriles is 1. The maximum atomic E-state index is 9.39. The molecule has 0 amide bonds. The Hall–Kier alpha value is -2.70. The summed E-state index contributed by atoms with van der Waals surface area (Å²) in [5.74, 6) is 0. The van der Waals surface area contributed by atoms with Crippen molar-refractivity contribution in [3.8, 4) is 6.07 Å². The molecule has 0 aromatic heterocycles. The van der Waals surface area contributed by atoms with Crippen LogP contribution in [0.2, 0.25) is 0 Å². The molecule has 0 spiro atoms. The number of nitrogens with zero attached hydrogens (tertiary/aromatic N) is 1. The van der Waals surface area contributed by atoms with Gasteiger partial charge in [-0.15, -0.1) is 0 Å². The molecule has 1 N–H and O–H groups in total. The van der Waals surface area contributed by atoms with Crippen LogP contribution in [0.15, 0.2) is 88.7 Å². The Kier molecular flexibility index (Phi) is 4.43. The van der Waals surface area contributed by atoms with Crippen molar-refractivity contribution in [3.05, 3.63) is 84.4 Å². The van der Waals surface area contributed by atoms with E-state index in [-0.39, 0.29) is 0 Å². The monoisotopic (exact) mass is 302 g/mol. The molecule has 0 heterocycles. The molecule has 0 radical (unpaired) electrons. The summed E-state index contributed by atoms with van der Waals surface area (Å²) in [5.41, 5.74) is 2.44. The average Bonchev–Trinajstić information content (AvgIpc) is 2.58. The van der Waals surface area contributed by atoms with Crippen LogP contribution >= 0.6 is 11.8 Å². The van der Waals surface area contributed by atoms with Crippen LogP contribution in [0.25, 0.3) is 0 Å². The number of benzene rings is 3. The molecule has 106 valence electrons. The maximum absolute atomic E-state index is 9.39. The van der Waals surface area contributed by atoms with Gasteiger partial charge in [-0.05, 0) is 42.5 Å². The minimum atomic E-state index is 0.643. The zero-order valence-electron chi connectivity index (χ0n) is 11.9. The molecule has 0 aliphatic rings. The second-order valence-corrected chi connectivity index (χ2v) is 5.87. The minimum Gasteiger partial charge on any atom is -0.354 e. The molecule has 2 nitrogen and oxygen atoms in total. The third-order valence-corrected chi connectivity index (χ3v) is 4.14. The third kappa shape index (κ3) is 3.49. The van der Waals surface area contributed by atoms with Crippen molar-refractivity contribution in [2.45, 2.75) is 9.79 Å². The molecule has 0 aliphatic heterocycles. The summed E-state index contributed by atoms with van der Waals surface area (Å²) in [7, 11) is 0. The van der Waals surface area contributed by atoms with Gasteiger partial charge >= 0.3 is 0 Å². The molecule has 22 heavy (non-hydrogen) atoms. The molecule has 0 saturated heterocycles. The maximum Gasteiger partial charge on any atom is 0.101 e. The van der Waals surface area contributed by atoms with Gasteiger partial charge in [-0.1, -0.05) is 48.2 Å². The zero-order chi connectivity index (χ0) is 15.2. The Bertz CT molecular complexity index is 793. The molecule has 0 bridgehead atoms. The Morgan fingerprint density at radius 3 is 2.14 bits per heavy atom. The van der Waals surface area contributed by atoms with Crippen LogP contribution in [-0.2, 0) is 0 Å². The van der Waals surface area contributed by atoms with Crippen molar-refractivity contribution >= 4 is 23.1 Å². The van der Waals surface area contributed by atoms with Gasteiger partial charge in [-0.3, -0.25) is 0 Å². The predicted molar refractivity (Wildman–Crippen MR) is 91.4 cm³/mol. The molecule has 0 fully saturated rings. The fourth-order valence-corrected chi connectivity index (χ4v) is 2.97. The van der Waals surface area contributed by atoms with E-state index < -0.39 is 0 Å². The third-order valence-electron chi connectivity index (χ3n) is 3.14. The van der Waals surface area contributed by atoms with Crippen LogP contribution in [0, 0.1) is 11.3 Å². The van der Waals surface area contributed by atoms with E-state index in [9.17, 15) is 5.26 Å². The van der Waals surface area contributed by atoms with Crippen LogP contribution in [-0.4, -0.2) is 0 Å². The summed E-state index contributed by atoms with van der Waals surface area (Å²) >= 11 is 1.65. The number of hydrogen-bond acceptors (Lipinski definition) is 3. The van der Waals surface area contributed by atoms with Gasteiger partial charge in [0.15, 0.2) is 0 Å². The van der Waals surface area contributed by atoms with Crippen LogP contribution in [0.4, 0.5) is 11.4 Å². The first-order chi connectivity index (χ1) is 10.8. The first-order valence-electron chi connectivity index (χ1n) is 6.94. The van der Waals surface area contributed by atoms with Gasteiger partial charge < -0.3 is 5.32 Å². The highest BCUT2D eigenvalue weighted by Gasteiger charge is 2.05. The van der Waals surface area contributed by atoms with Gasteiger partial charge in [-0.2, -0.15) is 5.26 Å². The second-order valence-electron chi connectivity index (χ2n) is 4.73. The Labute approximate surface area is 134 Å². The van der Waals surface area contributed by atoms with Gasteiger partial charge in [0.05, 0.1) is 11.3 Å². The van der Waals surface area contributed by atoms with Crippen molar-refractivity contribution in [2.75, 3.05) is 5.32 Å². The van der Waals surface area contributed by atoms with Crippen molar-refractivity contribution < 1.29 is 0 Å². The average molecular weight is 302 g/mol. The van der Waals surface area contributed by atoms with Crippen molar-refractivity contribution in [2.24, 2.45) is 0 Å².